The summed E-state index contributed by atoms with van der Waals surface area (Å²) in [6.45, 7) is 1.76. The zero-order valence-corrected chi connectivity index (χ0v) is 19.2. The van der Waals surface area contributed by atoms with Crippen LogP contribution in [-0.4, -0.2) is 72.7 Å². The molecule has 4 rings (SSSR count). The van der Waals surface area contributed by atoms with Crippen molar-refractivity contribution in [2.45, 2.75) is 12.8 Å². The van der Waals surface area contributed by atoms with E-state index in [0.717, 1.165) is 18.2 Å². The average molecular weight is 487 g/mol. The highest BCUT2D eigenvalue weighted by Crippen LogP contribution is 2.22. The molecule has 4 amide bonds. The second kappa shape index (κ2) is 10.2. The molecule has 0 atom stereocenters. The summed E-state index contributed by atoms with van der Waals surface area (Å²) in [6, 6.07) is 10.3. The van der Waals surface area contributed by atoms with E-state index in [1.165, 1.54) is 12.1 Å². The van der Waals surface area contributed by atoms with Gasteiger partial charge in [-0.05, 0) is 48.9 Å². The van der Waals surface area contributed by atoms with Crippen molar-refractivity contribution >= 4 is 40.9 Å². The first kappa shape index (κ1) is 23.7. The van der Waals surface area contributed by atoms with E-state index >= 15 is 0 Å². The van der Waals surface area contributed by atoms with Crippen molar-refractivity contribution in [3.05, 3.63) is 64.4 Å². The fourth-order valence-corrected chi connectivity index (χ4v) is 4.32. The highest BCUT2D eigenvalue weighted by atomic mass is 35.5. The first-order chi connectivity index (χ1) is 16.3. The number of nitrogens with zero attached hydrogens (tertiary/aromatic N) is 3. The molecule has 0 aliphatic carbocycles. The molecular weight excluding hydrogens is 463 g/mol. The van der Waals surface area contributed by atoms with Crippen molar-refractivity contribution in [2.75, 3.05) is 44.2 Å². The van der Waals surface area contributed by atoms with E-state index < -0.39 is 5.82 Å². The standard InChI is InChI=1S/C24H24ClFN4O4/c25-20-14-17(26)5-8-19(20)24(34)29-12-10-28(11-13-29)22(32)15-27-23(33)16-3-6-18(7-4-16)30-9-1-2-21(30)31/h3-8,14H,1-2,9-13,15H2,(H,27,33). The Kier molecular flexibility index (Phi) is 7.12. The number of halogens is 2. The Morgan fingerprint density at radius 3 is 2.24 bits per heavy atom. The van der Waals surface area contributed by atoms with Crippen LogP contribution in [0.5, 0.6) is 0 Å². The predicted octanol–water partition coefficient (Wildman–Crippen LogP) is 2.32. The molecule has 8 nitrogen and oxygen atoms in total. The van der Waals surface area contributed by atoms with Crippen LogP contribution in [0, 0.1) is 5.82 Å². The van der Waals surface area contributed by atoms with Gasteiger partial charge in [-0.15, -0.1) is 0 Å². The molecule has 1 N–H and O–H groups in total. The topological polar surface area (TPSA) is 90.0 Å². The van der Waals surface area contributed by atoms with Crippen LogP contribution < -0.4 is 10.2 Å². The van der Waals surface area contributed by atoms with Gasteiger partial charge in [-0.25, -0.2) is 4.39 Å². The van der Waals surface area contributed by atoms with Crippen LogP contribution in [0.15, 0.2) is 42.5 Å². The van der Waals surface area contributed by atoms with E-state index in [1.807, 2.05) is 0 Å². The molecule has 2 fully saturated rings. The van der Waals surface area contributed by atoms with Crippen molar-refractivity contribution in [3.63, 3.8) is 0 Å². The quantitative estimate of drug-likeness (QED) is 0.702. The number of benzene rings is 2. The molecule has 2 aliphatic heterocycles. The van der Waals surface area contributed by atoms with Crippen molar-refractivity contribution in [2.24, 2.45) is 0 Å². The minimum absolute atomic E-state index is 0.0475. The van der Waals surface area contributed by atoms with Crippen LogP contribution in [0.1, 0.15) is 33.6 Å². The summed E-state index contributed by atoms with van der Waals surface area (Å²) in [5.41, 5.74) is 1.37. The Morgan fingerprint density at radius 2 is 1.62 bits per heavy atom. The Balaban J connectivity index is 1.25. The van der Waals surface area contributed by atoms with Gasteiger partial charge in [0, 0.05) is 50.4 Å². The first-order valence-corrected chi connectivity index (χ1v) is 11.4. The molecule has 0 spiro atoms. The lowest BCUT2D eigenvalue weighted by molar-refractivity contribution is -0.131. The summed E-state index contributed by atoms with van der Waals surface area (Å²) in [5, 5.41) is 2.67. The summed E-state index contributed by atoms with van der Waals surface area (Å²) < 4.78 is 13.2. The van der Waals surface area contributed by atoms with Gasteiger partial charge in [0.15, 0.2) is 0 Å². The molecule has 34 heavy (non-hydrogen) atoms. The molecule has 2 heterocycles. The Morgan fingerprint density at radius 1 is 0.941 bits per heavy atom. The number of hydrogen-bond donors (Lipinski definition) is 1. The first-order valence-electron chi connectivity index (χ1n) is 11.0. The van der Waals surface area contributed by atoms with Gasteiger partial charge in [0.25, 0.3) is 11.8 Å². The number of rotatable bonds is 5. The third-order valence-electron chi connectivity index (χ3n) is 6.00. The molecule has 2 aliphatic rings. The smallest absolute Gasteiger partial charge is 0.255 e. The number of piperazine rings is 1. The van der Waals surface area contributed by atoms with Gasteiger partial charge in [-0.3, -0.25) is 19.2 Å². The number of anilines is 1. The number of nitrogens with one attached hydrogen (secondary N) is 1. The predicted molar refractivity (Wildman–Crippen MR) is 124 cm³/mol. The second-order valence-electron chi connectivity index (χ2n) is 8.18. The number of amides is 4. The number of carbonyl (C=O) groups excluding carboxylic acids is 4. The SMILES string of the molecule is O=C(NCC(=O)N1CCN(C(=O)c2ccc(F)cc2Cl)CC1)c1ccc(N2CCCC2=O)cc1. The molecule has 178 valence electrons. The van der Waals surface area contributed by atoms with Crippen LogP contribution in [0.25, 0.3) is 0 Å². The molecular formula is C24H24ClFN4O4. The third-order valence-corrected chi connectivity index (χ3v) is 6.31. The number of carbonyl (C=O) groups is 4. The van der Waals surface area contributed by atoms with E-state index in [0.29, 0.717) is 44.7 Å². The van der Waals surface area contributed by atoms with Crippen LogP contribution >= 0.6 is 11.6 Å². The molecule has 0 aromatic heterocycles. The Labute approximate surface area is 201 Å². The maximum absolute atomic E-state index is 13.2. The number of hydrogen-bond acceptors (Lipinski definition) is 4. The molecule has 0 unspecified atom stereocenters. The Bertz CT molecular complexity index is 1120. The molecule has 0 radical (unpaired) electrons. The molecule has 0 bridgehead atoms. The molecule has 2 aromatic rings. The van der Waals surface area contributed by atoms with Crippen LogP contribution in [-0.2, 0) is 9.59 Å². The third kappa shape index (κ3) is 5.20. The summed E-state index contributed by atoms with van der Waals surface area (Å²) in [5.74, 6) is -1.39. The molecule has 10 heteroatoms. The van der Waals surface area contributed by atoms with Crippen molar-refractivity contribution in [3.8, 4) is 0 Å². The summed E-state index contributed by atoms with van der Waals surface area (Å²) in [4.78, 5) is 54.3. The van der Waals surface area contributed by atoms with Crippen LogP contribution in [0.2, 0.25) is 5.02 Å². The molecule has 2 aromatic carbocycles. The normalized spacial score (nSPS) is 16.1. The lowest BCUT2D eigenvalue weighted by Gasteiger charge is -2.35. The lowest BCUT2D eigenvalue weighted by atomic mass is 10.1. The summed E-state index contributed by atoms with van der Waals surface area (Å²) >= 11 is 5.98. The molecule has 0 saturated carbocycles. The second-order valence-corrected chi connectivity index (χ2v) is 8.58. The molecule has 2 saturated heterocycles. The van der Waals surface area contributed by atoms with E-state index in [1.54, 1.807) is 39.0 Å². The van der Waals surface area contributed by atoms with Gasteiger partial charge in [-0.2, -0.15) is 0 Å². The zero-order valence-electron chi connectivity index (χ0n) is 18.4. The van der Waals surface area contributed by atoms with Crippen molar-refractivity contribution < 1.29 is 23.6 Å². The minimum Gasteiger partial charge on any atom is -0.343 e. The highest BCUT2D eigenvalue weighted by molar-refractivity contribution is 6.33. The van der Waals surface area contributed by atoms with Gasteiger partial charge >= 0.3 is 0 Å². The van der Waals surface area contributed by atoms with Gasteiger partial charge in [-0.1, -0.05) is 11.6 Å². The fraction of sp³-hybridized carbons (Fsp3) is 0.333. The van der Waals surface area contributed by atoms with E-state index in [9.17, 15) is 23.6 Å². The van der Waals surface area contributed by atoms with Crippen molar-refractivity contribution in [1.29, 1.82) is 0 Å². The van der Waals surface area contributed by atoms with E-state index in [-0.39, 0.29) is 40.8 Å². The average Bonchev–Trinajstić information content (AvgIpc) is 3.28. The summed E-state index contributed by atoms with van der Waals surface area (Å²) in [7, 11) is 0. The minimum atomic E-state index is -0.517. The monoisotopic (exact) mass is 486 g/mol. The van der Waals surface area contributed by atoms with Gasteiger partial charge < -0.3 is 20.0 Å². The fourth-order valence-electron chi connectivity index (χ4n) is 4.08. The van der Waals surface area contributed by atoms with Gasteiger partial charge in [0.05, 0.1) is 17.1 Å². The summed E-state index contributed by atoms with van der Waals surface area (Å²) in [6.07, 6.45) is 1.36. The largest absolute Gasteiger partial charge is 0.343 e. The maximum atomic E-state index is 13.2. The lowest BCUT2D eigenvalue weighted by Crippen LogP contribution is -2.52. The van der Waals surface area contributed by atoms with Gasteiger partial charge in [0.2, 0.25) is 11.8 Å². The zero-order chi connectivity index (χ0) is 24.2. The van der Waals surface area contributed by atoms with Gasteiger partial charge in [0.1, 0.15) is 5.82 Å². The maximum Gasteiger partial charge on any atom is 0.255 e. The van der Waals surface area contributed by atoms with E-state index in [2.05, 4.69) is 5.32 Å². The van der Waals surface area contributed by atoms with Crippen LogP contribution in [0.4, 0.5) is 10.1 Å². The van der Waals surface area contributed by atoms with E-state index in [4.69, 9.17) is 11.6 Å². The highest BCUT2D eigenvalue weighted by Gasteiger charge is 2.26. The van der Waals surface area contributed by atoms with Crippen molar-refractivity contribution in [1.82, 2.24) is 15.1 Å². The Hall–Kier alpha value is -3.46. The van der Waals surface area contributed by atoms with Crippen LogP contribution in [0.3, 0.4) is 0 Å².